The molecule has 1 aliphatic rings. The van der Waals surface area contributed by atoms with Gasteiger partial charge < -0.3 is 5.73 Å². The van der Waals surface area contributed by atoms with Crippen LogP contribution in [0.4, 0.5) is 0 Å². The van der Waals surface area contributed by atoms with Gasteiger partial charge in [-0.2, -0.15) is 0 Å². The minimum atomic E-state index is 0.136. The summed E-state index contributed by atoms with van der Waals surface area (Å²) in [5.41, 5.74) is 7.80. The van der Waals surface area contributed by atoms with Gasteiger partial charge in [0.05, 0.1) is 0 Å². The number of nitrogens with two attached hydrogens (primary N) is 1. The number of hydrogen-bond donors (Lipinski definition) is 1. The van der Waals surface area contributed by atoms with E-state index in [1.54, 1.807) is 0 Å². The molecule has 0 bridgehead atoms. The summed E-state index contributed by atoms with van der Waals surface area (Å²) in [7, 11) is 0. The third-order valence-electron chi connectivity index (χ3n) is 5.00. The minimum absolute atomic E-state index is 0.136. The Balaban J connectivity index is 1.99. The Kier molecular flexibility index (Phi) is 5.62. The van der Waals surface area contributed by atoms with E-state index in [1.807, 2.05) is 0 Å². The summed E-state index contributed by atoms with van der Waals surface area (Å²) in [6, 6.07) is 11.2. The SMILES string of the molecule is CCC(C(N)c1ccccc1)N1CCC(C(C)C)CC1. The molecule has 0 radical (unpaired) electrons. The number of piperidine rings is 1. The van der Waals surface area contributed by atoms with Gasteiger partial charge in [0.15, 0.2) is 0 Å². The van der Waals surface area contributed by atoms with Crippen molar-refractivity contribution >= 4 is 0 Å². The van der Waals surface area contributed by atoms with Crippen molar-refractivity contribution in [1.29, 1.82) is 0 Å². The van der Waals surface area contributed by atoms with Crippen LogP contribution in [0.3, 0.4) is 0 Å². The number of hydrogen-bond acceptors (Lipinski definition) is 2. The highest BCUT2D eigenvalue weighted by atomic mass is 15.2. The van der Waals surface area contributed by atoms with Crippen LogP contribution >= 0.6 is 0 Å². The molecule has 112 valence electrons. The Morgan fingerprint density at radius 3 is 2.25 bits per heavy atom. The molecule has 2 unspecified atom stereocenters. The molecule has 1 aliphatic heterocycles. The van der Waals surface area contributed by atoms with Crippen LogP contribution in [0.2, 0.25) is 0 Å². The molecule has 2 atom stereocenters. The lowest BCUT2D eigenvalue weighted by molar-refractivity contribution is 0.0979. The predicted molar refractivity (Wildman–Crippen MR) is 86.6 cm³/mol. The molecule has 0 amide bonds. The van der Waals surface area contributed by atoms with E-state index in [9.17, 15) is 0 Å². The molecule has 1 aromatic rings. The smallest absolute Gasteiger partial charge is 0.0453 e. The van der Waals surface area contributed by atoms with Crippen LogP contribution in [0.25, 0.3) is 0 Å². The molecule has 0 aromatic heterocycles. The van der Waals surface area contributed by atoms with Crippen molar-refractivity contribution in [1.82, 2.24) is 4.90 Å². The first-order valence-electron chi connectivity index (χ1n) is 8.18. The van der Waals surface area contributed by atoms with Crippen LogP contribution < -0.4 is 5.73 Å². The second-order valence-electron chi connectivity index (χ2n) is 6.53. The first kappa shape index (κ1) is 15.5. The largest absolute Gasteiger partial charge is 0.323 e. The quantitative estimate of drug-likeness (QED) is 0.884. The van der Waals surface area contributed by atoms with Crippen LogP contribution in [0.1, 0.15) is 51.6 Å². The lowest BCUT2D eigenvalue weighted by Crippen LogP contribution is -2.47. The highest BCUT2D eigenvalue weighted by molar-refractivity contribution is 5.20. The molecule has 0 aliphatic carbocycles. The Morgan fingerprint density at radius 2 is 1.75 bits per heavy atom. The summed E-state index contributed by atoms with van der Waals surface area (Å²) in [6.07, 6.45) is 3.79. The van der Waals surface area contributed by atoms with Crippen LogP contribution in [0, 0.1) is 11.8 Å². The van der Waals surface area contributed by atoms with Gasteiger partial charge in [-0.15, -0.1) is 0 Å². The van der Waals surface area contributed by atoms with E-state index in [2.05, 4.69) is 56.0 Å². The second-order valence-corrected chi connectivity index (χ2v) is 6.53. The van der Waals surface area contributed by atoms with E-state index in [4.69, 9.17) is 5.73 Å². The molecule has 2 N–H and O–H groups in total. The van der Waals surface area contributed by atoms with E-state index in [1.165, 1.54) is 31.5 Å². The number of benzene rings is 1. The van der Waals surface area contributed by atoms with Crippen LogP contribution in [0.5, 0.6) is 0 Å². The van der Waals surface area contributed by atoms with Gasteiger partial charge in [-0.05, 0) is 49.8 Å². The standard InChI is InChI=1S/C18H30N2/c1-4-17(18(19)16-8-6-5-7-9-16)20-12-10-15(11-13-20)14(2)3/h5-9,14-15,17-18H,4,10-13,19H2,1-3H3. The Hall–Kier alpha value is -0.860. The number of rotatable bonds is 5. The van der Waals surface area contributed by atoms with Gasteiger partial charge in [-0.25, -0.2) is 0 Å². The third kappa shape index (κ3) is 3.62. The molecule has 2 rings (SSSR count). The highest BCUT2D eigenvalue weighted by Crippen LogP contribution is 2.29. The average Bonchev–Trinajstić information content (AvgIpc) is 2.49. The van der Waals surface area contributed by atoms with Gasteiger partial charge in [-0.1, -0.05) is 51.1 Å². The fourth-order valence-electron chi connectivity index (χ4n) is 3.55. The molecule has 20 heavy (non-hydrogen) atoms. The van der Waals surface area contributed by atoms with Crippen LogP contribution in [0.15, 0.2) is 30.3 Å². The summed E-state index contributed by atoms with van der Waals surface area (Å²) in [5.74, 6) is 1.72. The Bertz CT molecular complexity index is 380. The molecular formula is C18H30N2. The highest BCUT2D eigenvalue weighted by Gasteiger charge is 2.29. The fourth-order valence-corrected chi connectivity index (χ4v) is 3.55. The molecule has 2 nitrogen and oxygen atoms in total. The van der Waals surface area contributed by atoms with Gasteiger partial charge in [0.2, 0.25) is 0 Å². The molecule has 1 aromatic carbocycles. The monoisotopic (exact) mass is 274 g/mol. The molecule has 1 saturated heterocycles. The Labute approximate surface area is 124 Å². The second kappa shape index (κ2) is 7.24. The van der Waals surface area contributed by atoms with Crippen molar-refractivity contribution in [3.8, 4) is 0 Å². The van der Waals surface area contributed by atoms with Crippen molar-refractivity contribution in [3.05, 3.63) is 35.9 Å². The normalized spacial score (nSPS) is 21.1. The van der Waals surface area contributed by atoms with Gasteiger partial charge in [-0.3, -0.25) is 4.90 Å². The maximum absolute atomic E-state index is 6.53. The van der Waals surface area contributed by atoms with E-state index in [0.717, 1.165) is 18.3 Å². The van der Waals surface area contributed by atoms with E-state index >= 15 is 0 Å². The van der Waals surface area contributed by atoms with Crippen molar-refractivity contribution < 1.29 is 0 Å². The molecule has 0 spiro atoms. The lowest BCUT2D eigenvalue weighted by atomic mass is 9.85. The van der Waals surface area contributed by atoms with Crippen LogP contribution in [-0.4, -0.2) is 24.0 Å². The van der Waals surface area contributed by atoms with E-state index in [-0.39, 0.29) is 6.04 Å². The maximum atomic E-state index is 6.53. The summed E-state index contributed by atoms with van der Waals surface area (Å²) >= 11 is 0. The minimum Gasteiger partial charge on any atom is -0.323 e. The topological polar surface area (TPSA) is 29.3 Å². The first-order chi connectivity index (χ1) is 9.63. The zero-order chi connectivity index (χ0) is 14.5. The summed E-state index contributed by atoms with van der Waals surface area (Å²) in [5, 5.41) is 0. The van der Waals surface area contributed by atoms with Gasteiger partial charge in [0.25, 0.3) is 0 Å². The zero-order valence-corrected chi connectivity index (χ0v) is 13.3. The van der Waals surface area contributed by atoms with Crippen molar-refractivity contribution in [2.75, 3.05) is 13.1 Å². The molecule has 1 heterocycles. The van der Waals surface area contributed by atoms with Gasteiger partial charge in [0, 0.05) is 12.1 Å². The van der Waals surface area contributed by atoms with Crippen molar-refractivity contribution in [3.63, 3.8) is 0 Å². The summed E-state index contributed by atoms with van der Waals surface area (Å²) < 4.78 is 0. The van der Waals surface area contributed by atoms with E-state index < -0.39 is 0 Å². The van der Waals surface area contributed by atoms with Crippen molar-refractivity contribution in [2.24, 2.45) is 17.6 Å². The Morgan fingerprint density at radius 1 is 1.15 bits per heavy atom. The fraction of sp³-hybridized carbons (Fsp3) is 0.667. The molecule has 0 saturated carbocycles. The number of likely N-dealkylation sites (tertiary alicyclic amines) is 1. The van der Waals surface area contributed by atoms with Gasteiger partial charge >= 0.3 is 0 Å². The van der Waals surface area contributed by atoms with Gasteiger partial charge in [0.1, 0.15) is 0 Å². The average molecular weight is 274 g/mol. The first-order valence-corrected chi connectivity index (χ1v) is 8.18. The summed E-state index contributed by atoms with van der Waals surface area (Å²) in [4.78, 5) is 2.62. The third-order valence-corrected chi connectivity index (χ3v) is 5.00. The van der Waals surface area contributed by atoms with Crippen LogP contribution in [-0.2, 0) is 0 Å². The molecule has 2 heteroatoms. The summed E-state index contributed by atoms with van der Waals surface area (Å²) in [6.45, 7) is 9.40. The zero-order valence-electron chi connectivity index (χ0n) is 13.3. The predicted octanol–water partition coefficient (Wildman–Crippen LogP) is 3.83. The maximum Gasteiger partial charge on any atom is 0.0453 e. The molecule has 1 fully saturated rings. The van der Waals surface area contributed by atoms with E-state index in [0.29, 0.717) is 6.04 Å². The number of nitrogens with zero attached hydrogens (tertiary/aromatic N) is 1. The van der Waals surface area contributed by atoms with Crippen molar-refractivity contribution in [2.45, 2.75) is 52.1 Å². The lowest BCUT2D eigenvalue weighted by Gasteiger charge is -2.41. The molecular weight excluding hydrogens is 244 g/mol.